The maximum atomic E-state index is 10.6. The standard InChI is InChI=1S/C16H22BrN2O2P/c17-11-4-13-12-3-9(6-18-8-15(20)21)1-2-10(12)7-19-16(13)14(22)5-11/h4-5,9-10,12,18-19H,1-3,6-8,22H2,(H,20,21). The van der Waals surface area contributed by atoms with E-state index in [-0.39, 0.29) is 6.54 Å². The molecule has 4 unspecified atom stereocenters. The summed E-state index contributed by atoms with van der Waals surface area (Å²) in [4.78, 5) is 10.6. The van der Waals surface area contributed by atoms with Crippen LogP contribution < -0.4 is 15.9 Å². The Bertz CT molecular complexity index is 582. The molecule has 0 aromatic heterocycles. The summed E-state index contributed by atoms with van der Waals surface area (Å²) in [6.07, 6.45) is 3.55. The fourth-order valence-corrected chi connectivity index (χ4v) is 5.08. The lowest BCUT2D eigenvalue weighted by Crippen LogP contribution is -2.37. The largest absolute Gasteiger partial charge is 0.480 e. The predicted molar refractivity (Wildman–Crippen MR) is 96.1 cm³/mol. The molecule has 2 aliphatic rings. The lowest BCUT2D eigenvalue weighted by molar-refractivity contribution is -0.136. The number of aliphatic carboxylic acids is 1. The van der Waals surface area contributed by atoms with Crippen molar-refractivity contribution in [3.63, 3.8) is 0 Å². The molecule has 0 spiro atoms. The monoisotopic (exact) mass is 384 g/mol. The fraction of sp³-hybridized carbons (Fsp3) is 0.562. The van der Waals surface area contributed by atoms with Crippen molar-refractivity contribution in [2.75, 3.05) is 25.0 Å². The summed E-state index contributed by atoms with van der Waals surface area (Å²) in [6.45, 7) is 1.92. The second-order valence-electron chi connectivity index (χ2n) is 6.41. The van der Waals surface area contributed by atoms with E-state index in [4.69, 9.17) is 5.11 Å². The molecule has 6 heteroatoms. The highest BCUT2D eigenvalue weighted by Gasteiger charge is 2.35. The highest BCUT2D eigenvalue weighted by molar-refractivity contribution is 9.10. The van der Waals surface area contributed by atoms with E-state index in [2.05, 4.69) is 47.9 Å². The van der Waals surface area contributed by atoms with Gasteiger partial charge in [-0.3, -0.25) is 4.79 Å². The van der Waals surface area contributed by atoms with Crippen molar-refractivity contribution in [3.05, 3.63) is 22.2 Å². The zero-order valence-corrected chi connectivity index (χ0v) is 15.2. The third-order valence-electron chi connectivity index (χ3n) is 4.92. The topological polar surface area (TPSA) is 61.4 Å². The Hall–Kier alpha value is -0.640. The highest BCUT2D eigenvalue weighted by Crippen LogP contribution is 2.46. The first kappa shape index (κ1) is 16.2. The van der Waals surface area contributed by atoms with Crippen LogP contribution in [0.3, 0.4) is 0 Å². The van der Waals surface area contributed by atoms with E-state index in [1.165, 1.54) is 29.4 Å². The zero-order chi connectivity index (χ0) is 15.7. The van der Waals surface area contributed by atoms with Gasteiger partial charge in [0.25, 0.3) is 0 Å². The number of fused-ring (bicyclic) bond motifs is 3. The lowest BCUT2D eigenvalue weighted by atomic mass is 9.69. The molecule has 1 aliphatic heterocycles. The number of halogens is 1. The number of anilines is 1. The number of benzene rings is 1. The van der Waals surface area contributed by atoms with Crippen molar-refractivity contribution in [3.8, 4) is 0 Å². The second-order valence-corrected chi connectivity index (χ2v) is 7.95. The van der Waals surface area contributed by atoms with Crippen LogP contribution in [0.15, 0.2) is 16.6 Å². The number of carboxylic acids is 1. The molecular weight excluding hydrogens is 363 g/mol. The molecule has 22 heavy (non-hydrogen) atoms. The summed E-state index contributed by atoms with van der Waals surface area (Å²) in [5.41, 5.74) is 2.69. The second kappa shape index (κ2) is 6.86. The van der Waals surface area contributed by atoms with Crippen molar-refractivity contribution in [2.24, 2.45) is 11.8 Å². The third-order valence-corrected chi connectivity index (χ3v) is 5.83. The maximum absolute atomic E-state index is 10.6. The van der Waals surface area contributed by atoms with E-state index < -0.39 is 5.97 Å². The molecule has 1 aromatic carbocycles. The molecule has 0 bridgehead atoms. The SMILES string of the molecule is O=C(O)CNCC1CCC2CNc3c(P)cc(Br)cc3C2C1. The van der Waals surface area contributed by atoms with Crippen molar-refractivity contribution in [2.45, 2.75) is 25.2 Å². The summed E-state index contributed by atoms with van der Waals surface area (Å²) in [7, 11) is 2.82. The van der Waals surface area contributed by atoms with Gasteiger partial charge < -0.3 is 15.7 Å². The molecule has 1 heterocycles. The van der Waals surface area contributed by atoms with Gasteiger partial charge in [-0.25, -0.2) is 0 Å². The maximum Gasteiger partial charge on any atom is 0.317 e. The van der Waals surface area contributed by atoms with E-state index in [0.29, 0.717) is 17.8 Å². The Kier molecular flexibility index (Phi) is 5.06. The van der Waals surface area contributed by atoms with Crippen molar-refractivity contribution < 1.29 is 9.90 Å². The van der Waals surface area contributed by atoms with Gasteiger partial charge in [-0.05, 0) is 66.6 Å². The minimum Gasteiger partial charge on any atom is -0.480 e. The van der Waals surface area contributed by atoms with Crippen LogP contribution >= 0.6 is 25.2 Å². The Balaban J connectivity index is 1.74. The minimum absolute atomic E-state index is 0.0596. The molecule has 0 saturated heterocycles. The quantitative estimate of drug-likeness (QED) is 0.698. The average molecular weight is 385 g/mol. The summed E-state index contributed by atoms with van der Waals surface area (Å²) in [5, 5.41) is 16.6. The summed E-state index contributed by atoms with van der Waals surface area (Å²) in [6, 6.07) is 4.38. The van der Waals surface area contributed by atoms with Gasteiger partial charge in [0, 0.05) is 16.7 Å². The molecule has 3 rings (SSSR count). The van der Waals surface area contributed by atoms with Gasteiger partial charge >= 0.3 is 5.97 Å². The molecule has 1 saturated carbocycles. The van der Waals surface area contributed by atoms with Gasteiger partial charge in [-0.1, -0.05) is 15.9 Å². The molecule has 0 radical (unpaired) electrons. The molecule has 3 N–H and O–H groups in total. The first-order chi connectivity index (χ1) is 10.5. The Morgan fingerprint density at radius 3 is 3.05 bits per heavy atom. The fourth-order valence-electron chi connectivity index (χ4n) is 3.89. The number of nitrogens with one attached hydrogen (secondary N) is 2. The van der Waals surface area contributed by atoms with Crippen molar-refractivity contribution >= 4 is 42.1 Å². The smallest absolute Gasteiger partial charge is 0.317 e. The number of hydrogen-bond acceptors (Lipinski definition) is 3. The molecule has 4 nitrogen and oxygen atoms in total. The summed E-state index contributed by atoms with van der Waals surface area (Å²) >= 11 is 3.61. The minimum atomic E-state index is -0.780. The van der Waals surface area contributed by atoms with Crippen LogP contribution in [0.25, 0.3) is 0 Å². The van der Waals surface area contributed by atoms with Gasteiger partial charge in [0.2, 0.25) is 0 Å². The van der Waals surface area contributed by atoms with Crippen LogP contribution in [-0.4, -0.2) is 30.7 Å². The molecule has 1 fully saturated rings. The van der Waals surface area contributed by atoms with Crippen molar-refractivity contribution in [1.29, 1.82) is 0 Å². The number of rotatable bonds is 4. The summed E-state index contributed by atoms with van der Waals surface area (Å²) < 4.78 is 1.13. The number of hydrogen-bond donors (Lipinski definition) is 3. The van der Waals surface area contributed by atoms with Crippen LogP contribution in [0.4, 0.5) is 5.69 Å². The molecular formula is C16H22BrN2O2P. The van der Waals surface area contributed by atoms with Crippen LogP contribution in [0.2, 0.25) is 0 Å². The van der Waals surface area contributed by atoms with E-state index in [9.17, 15) is 4.79 Å². The van der Waals surface area contributed by atoms with Crippen LogP contribution in [0.1, 0.15) is 30.7 Å². The van der Waals surface area contributed by atoms with E-state index in [0.717, 1.165) is 24.0 Å². The van der Waals surface area contributed by atoms with Gasteiger partial charge in [0.1, 0.15) is 0 Å². The van der Waals surface area contributed by atoms with Gasteiger partial charge in [0.05, 0.1) is 6.54 Å². The normalized spacial score (nSPS) is 26.7. The van der Waals surface area contributed by atoms with Crippen LogP contribution in [0.5, 0.6) is 0 Å². The summed E-state index contributed by atoms with van der Waals surface area (Å²) in [5.74, 6) is 1.07. The first-order valence-corrected chi connectivity index (χ1v) is 9.17. The Morgan fingerprint density at radius 1 is 1.45 bits per heavy atom. The third kappa shape index (κ3) is 3.47. The molecule has 120 valence electrons. The van der Waals surface area contributed by atoms with E-state index in [1.807, 2.05) is 0 Å². The molecule has 0 amide bonds. The van der Waals surface area contributed by atoms with Crippen LogP contribution in [0, 0.1) is 11.8 Å². The average Bonchev–Trinajstić information content (AvgIpc) is 2.46. The Labute approximate surface area is 141 Å². The van der Waals surface area contributed by atoms with Gasteiger partial charge in [0.15, 0.2) is 0 Å². The predicted octanol–water partition coefficient (Wildman–Crippen LogP) is 2.55. The van der Waals surface area contributed by atoms with Crippen molar-refractivity contribution in [1.82, 2.24) is 5.32 Å². The van der Waals surface area contributed by atoms with Crippen LogP contribution in [-0.2, 0) is 4.79 Å². The van der Waals surface area contributed by atoms with Gasteiger partial charge in [-0.2, -0.15) is 0 Å². The number of carboxylic acid groups (broad SMARTS) is 1. The number of carbonyl (C=O) groups is 1. The van der Waals surface area contributed by atoms with E-state index >= 15 is 0 Å². The Morgan fingerprint density at radius 2 is 2.27 bits per heavy atom. The molecule has 1 aromatic rings. The lowest BCUT2D eigenvalue weighted by Gasteiger charge is -2.41. The highest BCUT2D eigenvalue weighted by atomic mass is 79.9. The first-order valence-electron chi connectivity index (χ1n) is 7.80. The molecule has 1 aliphatic carbocycles. The van der Waals surface area contributed by atoms with E-state index in [1.54, 1.807) is 0 Å². The molecule has 4 atom stereocenters. The zero-order valence-electron chi connectivity index (χ0n) is 12.4. The van der Waals surface area contributed by atoms with Gasteiger partial charge in [-0.15, -0.1) is 9.24 Å².